The number of piperazine rings is 1. The lowest BCUT2D eigenvalue weighted by Gasteiger charge is -2.36. The molecule has 2 aromatic carbocycles. The molecule has 5 rings (SSSR count). The Morgan fingerprint density at radius 1 is 0.947 bits per heavy atom. The number of anilines is 2. The number of benzene rings is 2. The maximum absolute atomic E-state index is 13.2. The zero-order valence-corrected chi connectivity index (χ0v) is 22.4. The number of hydrogen-bond acceptors (Lipinski definition) is 6. The zero-order valence-electron chi connectivity index (χ0n) is 21.5. The summed E-state index contributed by atoms with van der Waals surface area (Å²) >= 11 is 5.65. The maximum Gasteiger partial charge on any atom is 0.332 e. The fourth-order valence-electron chi connectivity index (χ4n) is 4.69. The van der Waals surface area contributed by atoms with Gasteiger partial charge in [-0.05, 0) is 49.0 Å². The molecule has 38 heavy (non-hydrogen) atoms. The molecule has 2 aromatic heterocycles. The molecular formula is C27H29N7O3S. The van der Waals surface area contributed by atoms with Crippen molar-refractivity contribution in [3.05, 3.63) is 86.6 Å². The molecule has 0 saturated carbocycles. The van der Waals surface area contributed by atoms with Gasteiger partial charge in [0.05, 0.1) is 6.54 Å². The molecule has 196 valence electrons. The van der Waals surface area contributed by atoms with Gasteiger partial charge in [-0.3, -0.25) is 23.3 Å². The van der Waals surface area contributed by atoms with Crippen molar-refractivity contribution in [3.63, 3.8) is 0 Å². The van der Waals surface area contributed by atoms with Crippen molar-refractivity contribution in [1.29, 1.82) is 0 Å². The van der Waals surface area contributed by atoms with Crippen LogP contribution in [0, 0.1) is 0 Å². The minimum atomic E-state index is -0.406. The highest BCUT2D eigenvalue weighted by atomic mass is 32.1. The van der Waals surface area contributed by atoms with Crippen LogP contribution >= 0.6 is 12.2 Å². The quantitative estimate of drug-likeness (QED) is 0.309. The Morgan fingerprint density at radius 3 is 2.24 bits per heavy atom. The summed E-state index contributed by atoms with van der Waals surface area (Å²) in [5, 5.41) is 3.86. The number of fused-ring (bicyclic) bond motifs is 1. The van der Waals surface area contributed by atoms with Crippen LogP contribution in [0.2, 0.25) is 0 Å². The van der Waals surface area contributed by atoms with E-state index in [2.05, 4.69) is 15.1 Å². The van der Waals surface area contributed by atoms with Crippen molar-refractivity contribution in [2.24, 2.45) is 14.1 Å². The zero-order chi connectivity index (χ0) is 27.0. The molecule has 1 aliphatic heterocycles. The van der Waals surface area contributed by atoms with Crippen molar-refractivity contribution < 1.29 is 4.79 Å². The smallest absolute Gasteiger partial charge is 0.332 e. The summed E-state index contributed by atoms with van der Waals surface area (Å²) in [5.74, 6) is 0.673. The molecule has 0 radical (unpaired) electrons. The molecule has 1 fully saturated rings. The van der Waals surface area contributed by atoms with Gasteiger partial charge < -0.3 is 15.1 Å². The number of carbonyl (C=O) groups excluding carboxylic acids is 1. The molecule has 11 heteroatoms. The fraction of sp³-hybridized carbons (Fsp3) is 0.296. The summed E-state index contributed by atoms with van der Waals surface area (Å²) in [6.45, 7) is 4.58. The second-order valence-corrected chi connectivity index (χ2v) is 9.79. The van der Waals surface area contributed by atoms with Gasteiger partial charge in [0, 0.05) is 51.5 Å². The van der Waals surface area contributed by atoms with Crippen LogP contribution in [-0.4, -0.2) is 60.7 Å². The molecule has 0 spiro atoms. The van der Waals surface area contributed by atoms with Crippen LogP contribution in [0.25, 0.3) is 11.2 Å². The summed E-state index contributed by atoms with van der Waals surface area (Å²) in [6, 6.07) is 17.1. The molecule has 3 heterocycles. The molecule has 1 N–H and O–H groups in total. The number of nitrogens with one attached hydrogen (secondary N) is 1. The second kappa shape index (κ2) is 10.3. The standard InChI is InChI=1S/C27H29N7O3S/c1-18(35)20-9-11-21(12-10-20)28-26(38)33-15-13-32(14-16-33)25-29-23-22(24(36)31(3)27(37)30(23)2)34(25)17-19-7-5-4-6-8-19/h4-12H,13-17H2,1-3H3,(H,28,38). The summed E-state index contributed by atoms with van der Waals surface area (Å²) < 4.78 is 4.46. The molecule has 10 nitrogen and oxygen atoms in total. The van der Waals surface area contributed by atoms with E-state index >= 15 is 0 Å². The molecule has 0 unspecified atom stereocenters. The number of rotatable bonds is 5. The molecule has 0 bridgehead atoms. The third-order valence-corrected chi connectivity index (χ3v) is 7.26. The number of aryl methyl sites for hydroxylation is 1. The van der Waals surface area contributed by atoms with Gasteiger partial charge in [0.2, 0.25) is 5.95 Å². The fourth-order valence-corrected chi connectivity index (χ4v) is 4.99. The van der Waals surface area contributed by atoms with Crippen molar-refractivity contribution in [2.75, 3.05) is 36.4 Å². The Morgan fingerprint density at radius 2 is 1.61 bits per heavy atom. The van der Waals surface area contributed by atoms with Gasteiger partial charge >= 0.3 is 5.69 Å². The summed E-state index contributed by atoms with van der Waals surface area (Å²) in [4.78, 5) is 46.3. The lowest BCUT2D eigenvalue weighted by molar-refractivity contribution is 0.101. The Balaban J connectivity index is 1.40. The number of hydrogen-bond donors (Lipinski definition) is 1. The second-order valence-electron chi connectivity index (χ2n) is 9.40. The van der Waals surface area contributed by atoms with Crippen LogP contribution in [0.1, 0.15) is 22.8 Å². The van der Waals surface area contributed by atoms with Crippen molar-refractivity contribution >= 4 is 45.9 Å². The van der Waals surface area contributed by atoms with Crippen LogP contribution in [0.4, 0.5) is 11.6 Å². The van der Waals surface area contributed by atoms with Crippen molar-refractivity contribution in [1.82, 2.24) is 23.6 Å². The highest BCUT2D eigenvalue weighted by molar-refractivity contribution is 7.80. The van der Waals surface area contributed by atoms with Gasteiger partial charge in [0.25, 0.3) is 5.56 Å². The van der Waals surface area contributed by atoms with E-state index in [1.54, 1.807) is 19.2 Å². The summed E-state index contributed by atoms with van der Waals surface area (Å²) in [5.41, 5.74) is 2.52. The Labute approximate surface area is 224 Å². The first kappa shape index (κ1) is 25.4. The van der Waals surface area contributed by atoms with E-state index in [0.29, 0.717) is 60.5 Å². The lowest BCUT2D eigenvalue weighted by Crippen LogP contribution is -2.50. The number of carbonyl (C=O) groups is 1. The largest absolute Gasteiger partial charge is 0.345 e. The van der Waals surface area contributed by atoms with Crippen LogP contribution in [0.3, 0.4) is 0 Å². The van der Waals surface area contributed by atoms with Gasteiger partial charge in [0.15, 0.2) is 22.1 Å². The third kappa shape index (κ3) is 4.72. The minimum Gasteiger partial charge on any atom is -0.345 e. The lowest BCUT2D eigenvalue weighted by atomic mass is 10.1. The first-order valence-electron chi connectivity index (χ1n) is 12.4. The normalized spacial score (nSPS) is 13.7. The van der Waals surface area contributed by atoms with E-state index in [0.717, 1.165) is 15.8 Å². The average Bonchev–Trinajstić information content (AvgIpc) is 3.30. The number of thiocarbonyl (C=S) groups is 1. The van der Waals surface area contributed by atoms with E-state index in [-0.39, 0.29) is 11.3 Å². The monoisotopic (exact) mass is 531 g/mol. The van der Waals surface area contributed by atoms with E-state index in [9.17, 15) is 14.4 Å². The molecule has 0 aliphatic carbocycles. The molecule has 1 aliphatic rings. The van der Waals surface area contributed by atoms with Gasteiger partial charge in [-0.15, -0.1) is 0 Å². The summed E-state index contributed by atoms with van der Waals surface area (Å²) in [7, 11) is 3.13. The summed E-state index contributed by atoms with van der Waals surface area (Å²) in [6.07, 6.45) is 0. The number of ketones is 1. The Hall–Kier alpha value is -4.25. The van der Waals surface area contributed by atoms with E-state index in [1.807, 2.05) is 47.0 Å². The number of nitrogens with zero attached hydrogens (tertiary/aromatic N) is 6. The van der Waals surface area contributed by atoms with Crippen molar-refractivity contribution in [2.45, 2.75) is 13.5 Å². The highest BCUT2D eigenvalue weighted by Gasteiger charge is 2.26. The topological polar surface area (TPSA) is 97.4 Å². The van der Waals surface area contributed by atoms with Crippen LogP contribution in [-0.2, 0) is 20.6 Å². The van der Waals surface area contributed by atoms with E-state index in [4.69, 9.17) is 17.2 Å². The average molecular weight is 532 g/mol. The third-order valence-electron chi connectivity index (χ3n) is 6.90. The first-order valence-corrected chi connectivity index (χ1v) is 12.8. The Bertz CT molecular complexity index is 1630. The molecular weight excluding hydrogens is 502 g/mol. The van der Waals surface area contributed by atoms with Crippen LogP contribution in [0.15, 0.2) is 64.2 Å². The molecule has 1 saturated heterocycles. The molecule has 4 aromatic rings. The van der Waals surface area contributed by atoms with Gasteiger partial charge in [-0.25, -0.2) is 4.79 Å². The number of imidazole rings is 1. The predicted molar refractivity (Wildman–Crippen MR) is 152 cm³/mol. The first-order chi connectivity index (χ1) is 18.2. The molecule has 0 amide bonds. The van der Waals surface area contributed by atoms with E-state index in [1.165, 1.54) is 18.5 Å². The SMILES string of the molecule is CC(=O)c1ccc(NC(=S)N2CCN(c3nc4c(c(=O)n(C)c(=O)n4C)n3Cc3ccccc3)CC2)cc1. The minimum absolute atomic E-state index is 0.0199. The number of Topliss-reactive ketones (excluding diaryl/α,β-unsaturated/α-hetero) is 1. The van der Waals surface area contributed by atoms with Crippen molar-refractivity contribution in [3.8, 4) is 0 Å². The van der Waals surface area contributed by atoms with E-state index < -0.39 is 5.69 Å². The Kier molecular flexibility index (Phi) is 6.85. The van der Waals surface area contributed by atoms with Gasteiger partial charge in [-0.1, -0.05) is 30.3 Å². The van der Waals surface area contributed by atoms with Gasteiger partial charge in [0.1, 0.15) is 0 Å². The van der Waals surface area contributed by atoms with Crippen LogP contribution < -0.4 is 21.5 Å². The van der Waals surface area contributed by atoms with Gasteiger partial charge in [-0.2, -0.15) is 4.98 Å². The number of aromatic nitrogens is 4. The predicted octanol–water partition coefficient (Wildman–Crippen LogP) is 2.20. The van der Waals surface area contributed by atoms with Crippen LogP contribution in [0.5, 0.6) is 0 Å². The maximum atomic E-state index is 13.2. The molecule has 0 atom stereocenters. The highest BCUT2D eigenvalue weighted by Crippen LogP contribution is 2.23.